The molecule has 2 aromatic carbocycles. The van der Waals surface area contributed by atoms with Crippen LogP contribution in [0.15, 0.2) is 41.3 Å². The van der Waals surface area contributed by atoms with Crippen molar-refractivity contribution < 1.29 is 26.9 Å². The lowest BCUT2D eigenvalue weighted by atomic mass is 10.3. The molecule has 0 atom stereocenters. The van der Waals surface area contributed by atoms with E-state index in [1.807, 2.05) is 0 Å². The molecule has 11 heteroatoms. The van der Waals surface area contributed by atoms with Gasteiger partial charge in [0.15, 0.2) is 0 Å². The molecule has 1 heterocycles. The van der Waals surface area contributed by atoms with Crippen molar-refractivity contribution in [2.45, 2.75) is 4.90 Å². The Morgan fingerprint density at radius 1 is 1.07 bits per heavy atom. The van der Waals surface area contributed by atoms with E-state index in [0.717, 1.165) is 30.3 Å². The third kappa shape index (κ3) is 4.21. The number of rotatable bonds is 5. The molecule has 144 valence electrons. The molecule has 1 aliphatic rings. The molecule has 2 aromatic rings. The van der Waals surface area contributed by atoms with Gasteiger partial charge in [0.2, 0.25) is 10.0 Å². The molecule has 0 amide bonds. The minimum absolute atomic E-state index is 0.180. The molecule has 1 aliphatic heterocycles. The Kier molecular flexibility index (Phi) is 5.35. The molecule has 1 N–H and O–H groups in total. The summed E-state index contributed by atoms with van der Waals surface area (Å²) < 4.78 is 59.2. The van der Waals surface area contributed by atoms with Gasteiger partial charge in [-0.3, -0.25) is 10.1 Å². The SMILES string of the molecule is O=[N+]([O-])c1ccc(Oc2cc(F)cc(F)c2)c(S(=O)(=O)N2CCNCC2)c1. The van der Waals surface area contributed by atoms with Crippen molar-refractivity contribution >= 4 is 15.7 Å². The minimum atomic E-state index is -4.11. The molecule has 0 aromatic heterocycles. The lowest BCUT2D eigenvalue weighted by molar-refractivity contribution is -0.385. The van der Waals surface area contributed by atoms with Gasteiger partial charge in [0.25, 0.3) is 5.69 Å². The van der Waals surface area contributed by atoms with E-state index in [1.54, 1.807) is 0 Å². The van der Waals surface area contributed by atoms with Crippen LogP contribution < -0.4 is 10.1 Å². The average molecular weight is 399 g/mol. The highest BCUT2D eigenvalue weighted by Gasteiger charge is 2.31. The van der Waals surface area contributed by atoms with Gasteiger partial charge in [-0.25, -0.2) is 17.2 Å². The molecule has 8 nitrogen and oxygen atoms in total. The lowest BCUT2D eigenvalue weighted by Crippen LogP contribution is -2.46. The first-order valence-electron chi connectivity index (χ1n) is 7.90. The summed E-state index contributed by atoms with van der Waals surface area (Å²) >= 11 is 0. The van der Waals surface area contributed by atoms with E-state index in [0.29, 0.717) is 19.2 Å². The van der Waals surface area contributed by atoms with Gasteiger partial charge in [0.1, 0.15) is 28.0 Å². The summed E-state index contributed by atoms with van der Waals surface area (Å²) in [7, 11) is -4.11. The normalized spacial score (nSPS) is 15.5. The second-order valence-corrected chi connectivity index (χ2v) is 7.66. The average Bonchev–Trinajstić information content (AvgIpc) is 2.61. The molecule has 1 fully saturated rings. The van der Waals surface area contributed by atoms with Crippen molar-refractivity contribution in [1.82, 2.24) is 9.62 Å². The zero-order valence-electron chi connectivity index (χ0n) is 13.9. The van der Waals surface area contributed by atoms with E-state index in [9.17, 15) is 27.3 Å². The Labute approximate surface area is 153 Å². The number of nitro benzene ring substituents is 1. The summed E-state index contributed by atoms with van der Waals surface area (Å²) in [6.07, 6.45) is 0. The number of nitrogens with zero attached hydrogens (tertiary/aromatic N) is 2. The van der Waals surface area contributed by atoms with Crippen LogP contribution in [0.1, 0.15) is 0 Å². The molecule has 27 heavy (non-hydrogen) atoms. The molecule has 0 bridgehead atoms. The van der Waals surface area contributed by atoms with Crippen molar-refractivity contribution in [3.63, 3.8) is 0 Å². The van der Waals surface area contributed by atoms with Crippen LogP contribution in [-0.4, -0.2) is 43.8 Å². The number of hydrogen-bond acceptors (Lipinski definition) is 6. The van der Waals surface area contributed by atoms with Crippen molar-refractivity contribution in [1.29, 1.82) is 0 Å². The maximum Gasteiger partial charge on any atom is 0.271 e. The Bertz CT molecular complexity index is 958. The first-order chi connectivity index (χ1) is 12.8. The molecule has 0 aliphatic carbocycles. The van der Waals surface area contributed by atoms with Crippen LogP contribution in [0, 0.1) is 21.7 Å². The summed E-state index contributed by atoms with van der Waals surface area (Å²) in [6, 6.07) is 5.43. The topological polar surface area (TPSA) is 102 Å². The van der Waals surface area contributed by atoms with Crippen molar-refractivity contribution in [2.75, 3.05) is 26.2 Å². The standard InChI is InChI=1S/C16H15F2N3O5S/c17-11-7-12(18)9-14(8-11)26-15-2-1-13(21(22)23)10-16(15)27(24,25)20-5-3-19-4-6-20/h1-2,7-10,19H,3-6H2. The van der Waals surface area contributed by atoms with Crippen molar-refractivity contribution in [2.24, 2.45) is 0 Å². The molecule has 0 unspecified atom stereocenters. The summed E-state index contributed by atoms with van der Waals surface area (Å²) in [5.41, 5.74) is -0.443. The predicted molar refractivity (Wildman–Crippen MR) is 91.2 cm³/mol. The molecule has 0 radical (unpaired) electrons. The number of ether oxygens (including phenoxy) is 1. The van der Waals surface area contributed by atoms with Gasteiger partial charge in [0.05, 0.1) is 4.92 Å². The Morgan fingerprint density at radius 2 is 1.70 bits per heavy atom. The van der Waals surface area contributed by atoms with E-state index in [-0.39, 0.29) is 24.6 Å². The fraction of sp³-hybridized carbons (Fsp3) is 0.250. The second-order valence-electron chi connectivity index (χ2n) is 5.75. The number of halogens is 2. The maximum atomic E-state index is 13.4. The number of non-ortho nitro benzene ring substituents is 1. The first-order valence-corrected chi connectivity index (χ1v) is 9.34. The summed E-state index contributed by atoms with van der Waals surface area (Å²) in [4.78, 5) is 9.89. The summed E-state index contributed by atoms with van der Waals surface area (Å²) in [6.45, 7) is 1.22. The van der Waals surface area contributed by atoms with Gasteiger partial charge in [-0.15, -0.1) is 0 Å². The van der Waals surface area contributed by atoms with Crippen LogP contribution in [0.25, 0.3) is 0 Å². The number of benzene rings is 2. The van der Waals surface area contributed by atoms with E-state index >= 15 is 0 Å². The highest BCUT2D eigenvalue weighted by molar-refractivity contribution is 7.89. The van der Waals surface area contributed by atoms with Crippen LogP contribution in [0.4, 0.5) is 14.5 Å². The third-order valence-corrected chi connectivity index (χ3v) is 5.82. The zero-order valence-corrected chi connectivity index (χ0v) is 14.7. The number of nitrogens with one attached hydrogen (secondary N) is 1. The van der Waals surface area contributed by atoms with Gasteiger partial charge in [0, 0.05) is 56.5 Å². The van der Waals surface area contributed by atoms with Gasteiger partial charge < -0.3 is 10.1 Å². The molecule has 3 rings (SSSR count). The number of sulfonamides is 1. The number of hydrogen-bond donors (Lipinski definition) is 1. The largest absolute Gasteiger partial charge is 0.456 e. The van der Waals surface area contributed by atoms with Gasteiger partial charge in [-0.2, -0.15) is 4.31 Å². The Balaban J connectivity index is 2.06. The fourth-order valence-electron chi connectivity index (χ4n) is 2.63. The van der Waals surface area contributed by atoms with Crippen LogP contribution in [-0.2, 0) is 10.0 Å². The molecule has 0 spiro atoms. The minimum Gasteiger partial charge on any atom is -0.456 e. The maximum absolute atomic E-state index is 13.4. The van der Waals surface area contributed by atoms with Crippen molar-refractivity contribution in [3.05, 3.63) is 58.1 Å². The zero-order chi connectivity index (χ0) is 19.6. The highest BCUT2D eigenvalue weighted by atomic mass is 32.2. The van der Waals surface area contributed by atoms with E-state index in [1.165, 1.54) is 4.31 Å². The number of piperazine rings is 1. The monoisotopic (exact) mass is 399 g/mol. The molecule has 1 saturated heterocycles. The summed E-state index contributed by atoms with van der Waals surface area (Å²) in [5, 5.41) is 14.1. The first kappa shape index (κ1) is 19.1. The molecular weight excluding hydrogens is 384 g/mol. The van der Waals surface area contributed by atoms with E-state index in [2.05, 4.69) is 5.32 Å². The van der Waals surface area contributed by atoms with Crippen molar-refractivity contribution in [3.8, 4) is 11.5 Å². The van der Waals surface area contributed by atoms with Crippen LogP contribution >= 0.6 is 0 Å². The second kappa shape index (κ2) is 7.55. The van der Waals surface area contributed by atoms with Gasteiger partial charge in [-0.1, -0.05) is 0 Å². The molecule has 0 saturated carbocycles. The van der Waals surface area contributed by atoms with Gasteiger partial charge in [-0.05, 0) is 6.07 Å². The third-order valence-electron chi connectivity index (χ3n) is 3.90. The van der Waals surface area contributed by atoms with Crippen LogP contribution in [0.2, 0.25) is 0 Å². The Hall–Kier alpha value is -2.63. The number of nitro groups is 1. The summed E-state index contributed by atoms with van der Waals surface area (Å²) in [5.74, 6) is -2.33. The predicted octanol–water partition coefficient (Wildman–Crippen LogP) is 2.26. The van der Waals surface area contributed by atoms with E-state index < -0.39 is 37.2 Å². The van der Waals surface area contributed by atoms with Gasteiger partial charge >= 0.3 is 0 Å². The van der Waals surface area contributed by atoms with Crippen LogP contribution in [0.5, 0.6) is 11.5 Å². The van der Waals surface area contributed by atoms with Crippen LogP contribution in [0.3, 0.4) is 0 Å². The quantitative estimate of drug-likeness (QED) is 0.611. The highest BCUT2D eigenvalue weighted by Crippen LogP contribution is 2.34. The van der Waals surface area contributed by atoms with E-state index in [4.69, 9.17) is 4.74 Å². The smallest absolute Gasteiger partial charge is 0.271 e. The molecular formula is C16H15F2N3O5S. The Morgan fingerprint density at radius 3 is 2.30 bits per heavy atom. The lowest BCUT2D eigenvalue weighted by Gasteiger charge is -2.27. The fourth-order valence-corrected chi connectivity index (χ4v) is 4.21.